The molecule has 86 valence electrons. The number of aryl methyl sites for hydroxylation is 1. The first kappa shape index (κ1) is 11.0. The summed E-state index contributed by atoms with van der Waals surface area (Å²) >= 11 is 0. The minimum Gasteiger partial charge on any atom is -0.364 e. The molecular formula is C11H11N5O. The van der Waals surface area contributed by atoms with Crippen molar-refractivity contribution in [2.75, 3.05) is 5.32 Å². The monoisotopic (exact) mass is 229 g/mol. The largest absolute Gasteiger partial charge is 0.364 e. The molecule has 0 aromatic carbocycles. The minimum atomic E-state index is -0.578. The molecule has 0 saturated carbocycles. The van der Waals surface area contributed by atoms with Crippen LogP contribution in [0, 0.1) is 6.92 Å². The van der Waals surface area contributed by atoms with E-state index in [1.807, 2.05) is 0 Å². The van der Waals surface area contributed by atoms with Gasteiger partial charge < -0.3 is 11.1 Å². The highest BCUT2D eigenvalue weighted by molar-refractivity contribution is 5.92. The Morgan fingerprint density at radius 1 is 1.29 bits per heavy atom. The fourth-order valence-electron chi connectivity index (χ4n) is 1.37. The van der Waals surface area contributed by atoms with Crippen LogP contribution in [0.2, 0.25) is 0 Å². The van der Waals surface area contributed by atoms with Gasteiger partial charge in [-0.3, -0.25) is 9.78 Å². The third kappa shape index (κ3) is 2.54. The first-order valence-corrected chi connectivity index (χ1v) is 4.98. The van der Waals surface area contributed by atoms with Crippen LogP contribution in [0.5, 0.6) is 0 Å². The molecular weight excluding hydrogens is 218 g/mol. The van der Waals surface area contributed by atoms with Crippen LogP contribution in [0.15, 0.2) is 30.6 Å². The van der Waals surface area contributed by atoms with E-state index < -0.39 is 5.91 Å². The highest BCUT2D eigenvalue weighted by atomic mass is 16.1. The summed E-state index contributed by atoms with van der Waals surface area (Å²) in [4.78, 5) is 14.9. The van der Waals surface area contributed by atoms with Crippen molar-refractivity contribution in [2.45, 2.75) is 6.92 Å². The van der Waals surface area contributed by atoms with E-state index in [1.54, 1.807) is 37.5 Å². The van der Waals surface area contributed by atoms with E-state index in [0.717, 1.165) is 5.69 Å². The molecule has 0 radical (unpaired) electrons. The van der Waals surface area contributed by atoms with Crippen molar-refractivity contribution in [3.63, 3.8) is 0 Å². The molecule has 0 spiro atoms. The predicted molar refractivity (Wildman–Crippen MR) is 62.8 cm³/mol. The third-order valence-electron chi connectivity index (χ3n) is 2.17. The van der Waals surface area contributed by atoms with E-state index in [9.17, 15) is 4.79 Å². The normalized spacial score (nSPS) is 9.94. The summed E-state index contributed by atoms with van der Waals surface area (Å²) in [6, 6.07) is 5.32. The fourth-order valence-corrected chi connectivity index (χ4v) is 1.37. The van der Waals surface area contributed by atoms with Gasteiger partial charge in [-0.1, -0.05) is 0 Å². The molecule has 2 rings (SSSR count). The van der Waals surface area contributed by atoms with E-state index in [-0.39, 0.29) is 5.69 Å². The summed E-state index contributed by atoms with van der Waals surface area (Å²) in [5.41, 5.74) is 6.86. The zero-order valence-corrected chi connectivity index (χ0v) is 9.21. The van der Waals surface area contributed by atoms with E-state index in [0.29, 0.717) is 11.4 Å². The number of hydrogen-bond acceptors (Lipinski definition) is 5. The van der Waals surface area contributed by atoms with E-state index in [4.69, 9.17) is 5.73 Å². The number of anilines is 2. The van der Waals surface area contributed by atoms with Crippen LogP contribution in [0.3, 0.4) is 0 Å². The molecule has 17 heavy (non-hydrogen) atoms. The number of hydrogen-bond donors (Lipinski definition) is 2. The highest BCUT2D eigenvalue weighted by Gasteiger charge is 2.08. The van der Waals surface area contributed by atoms with E-state index in [1.165, 1.54) is 0 Å². The second-order valence-electron chi connectivity index (χ2n) is 3.49. The Hall–Kier alpha value is -2.50. The molecule has 0 atom stereocenters. The summed E-state index contributed by atoms with van der Waals surface area (Å²) < 4.78 is 0. The molecule has 0 fully saturated rings. The van der Waals surface area contributed by atoms with Gasteiger partial charge in [0.1, 0.15) is 0 Å². The average molecular weight is 229 g/mol. The van der Waals surface area contributed by atoms with Gasteiger partial charge in [-0.2, -0.15) is 0 Å². The molecule has 0 saturated heterocycles. The first-order valence-electron chi connectivity index (χ1n) is 4.98. The lowest BCUT2D eigenvalue weighted by molar-refractivity contribution is 0.0994. The maximum absolute atomic E-state index is 11.0. The fraction of sp³-hybridized carbons (Fsp3) is 0.0909. The lowest BCUT2D eigenvalue weighted by atomic mass is 10.2. The zero-order chi connectivity index (χ0) is 12.3. The maximum Gasteiger partial charge on any atom is 0.269 e. The van der Waals surface area contributed by atoms with Crippen molar-refractivity contribution in [1.29, 1.82) is 0 Å². The number of carbonyl (C=O) groups is 1. The van der Waals surface area contributed by atoms with Crippen LogP contribution in [-0.2, 0) is 0 Å². The van der Waals surface area contributed by atoms with Crippen LogP contribution in [0.25, 0.3) is 0 Å². The summed E-state index contributed by atoms with van der Waals surface area (Å²) in [5, 5.41) is 10.7. The van der Waals surface area contributed by atoms with Crippen molar-refractivity contribution >= 4 is 17.4 Å². The van der Waals surface area contributed by atoms with Gasteiger partial charge in [0.05, 0.1) is 0 Å². The number of aromatic nitrogens is 3. The summed E-state index contributed by atoms with van der Waals surface area (Å²) in [6.45, 7) is 1.76. The molecule has 6 nitrogen and oxygen atoms in total. The van der Waals surface area contributed by atoms with E-state index >= 15 is 0 Å². The predicted octanol–water partition coefficient (Wildman–Crippen LogP) is 1.02. The van der Waals surface area contributed by atoms with Crippen LogP contribution >= 0.6 is 0 Å². The Kier molecular flexibility index (Phi) is 2.95. The van der Waals surface area contributed by atoms with Crippen LogP contribution in [0.1, 0.15) is 16.1 Å². The number of nitrogens with zero attached hydrogens (tertiary/aromatic N) is 3. The smallest absolute Gasteiger partial charge is 0.269 e. The Morgan fingerprint density at radius 2 is 2.00 bits per heavy atom. The standard InChI is InChI=1S/C11H11N5O/c1-7-6-9(15-16-10(7)11(12)17)14-8-2-4-13-5-3-8/h2-6H,1H3,(H2,12,17)(H,13,14,15). The van der Waals surface area contributed by atoms with E-state index in [2.05, 4.69) is 20.5 Å². The quantitative estimate of drug-likeness (QED) is 0.819. The maximum atomic E-state index is 11.0. The molecule has 6 heteroatoms. The Balaban J connectivity index is 2.24. The molecule has 3 N–H and O–H groups in total. The van der Waals surface area contributed by atoms with Crippen molar-refractivity contribution in [2.24, 2.45) is 5.73 Å². The molecule has 0 aliphatic rings. The van der Waals surface area contributed by atoms with Gasteiger partial charge in [-0.25, -0.2) is 0 Å². The molecule has 2 aromatic heterocycles. The van der Waals surface area contributed by atoms with Crippen molar-refractivity contribution in [3.05, 3.63) is 41.9 Å². The number of pyridine rings is 1. The van der Waals surface area contributed by atoms with Gasteiger partial charge in [0.15, 0.2) is 11.5 Å². The Bertz CT molecular complexity index is 541. The minimum absolute atomic E-state index is 0.185. The molecule has 0 aliphatic carbocycles. The Labute approximate surface area is 97.9 Å². The SMILES string of the molecule is Cc1cc(Nc2ccncc2)nnc1C(N)=O. The molecule has 0 aliphatic heterocycles. The van der Waals surface area contributed by atoms with Gasteiger partial charge >= 0.3 is 0 Å². The van der Waals surface area contributed by atoms with Crippen molar-refractivity contribution < 1.29 is 4.79 Å². The lowest BCUT2D eigenvalue weighted by Gasteiger charge is -2.06. The molecule has 2 aromatic rings. The first-order chi connectivity index (χ1) is 8.16. The van der Waals surface area contributed by atoms with Gasteiger partial charge in [0.25, 0.3) is 5.91 Å². The number of primary amides is 1. The second kappa shape index (κ2) is 4.56. The van der Waals surface area contributed by atoms with Crippen LogP contribution < -0.4 is 11.1 Å². The molecule has 0 unspecified atom stereocenters. The van der Waals surface area contributed by atoms with Gasteiger partial charge in [-0.15, -0.1) is 10.2 Å². The van der Waals surface area contributed by atoms with Crippen LogP contribution in [0.4, 0.5) is 11.5 Å². The summed E-state index contributed by atoms with van der Waals surface area (Å²) in [6.07, 6.45) is 3.33. The Morgan fingerprint density at radius 3 is 2.59 bits per heavy atom. The van der Waals surface area contributed by atoms with Gasteiger partial charge in [0.2, 0.25) is 0 Å². The molecule has 0 bridgehead atoms. The van der Waals surface area contributed by atoms with Gasteiger partial charge in [0, 0.05) is 18.1 Å². The highest BCUT2D eigenvalue weighted by Crippen LogP contribution is 2.14. The van der Waals surface area contributed by atoms with Crippen molar-refractivity contribution in [3.8, 4) is 0 Å². The summed E-state index contributed by atoms with van der Waals surface area (Å²) in [5.74, 6) is -0.0239. The zero-order valence-electron chi connectivity index (χ0n) is 9.21. The topological polar surface area (TPSA) is 93.8 Å². The molecule has 1 amide bonds. The number of rotatable bonds is 3. The number of nitrogens with two attached hydrogens (primary N) is 1. The number of carbonyl (C=O) groups excluding carboxylic acids is 1. The third-order valence-corrected chi connectivity index (χ3v) is 2.17. The van der Waals surface area contributed by atoms with Gasteiger partial charge in [-0.05, 0) is 30.7 Å². The summed E-state index contributed by atoms with van der Waals surface area (Å²) in [7, 11) is 0. The lowest BCUT2D eigenvalue weighted by Crippen LogP contribution is -2.16. The van der Waals surface area contributed by atoms with Crippen LogP contribution in [-0.4, -0.2) is 21.1 Å². The van der Waals surface area contributed by atoms with Crippen molar-refractivity contribution in [1.82, 2.24) is 15.2 Å². The number of nitrogens with one attached hydrogen (secondary N) is 1. The average Bonchev–Trinajstić information content (AvgIpc) is 2.30. The molecule has 2 heterocycles. The second-order valence-corrected chi connectivity index (χ2v) is 3.49. The number of amides is 1.